The molecule has 1 aliphatic rings. The first-order valence-electron chi connectivity index (χ1n) is 5.57. The highest BCUT2D eigenvalue weighted by atomic mass is 35.5. The van der Waals surface area contributed by atoms with Crippen molar-refractivity contribution in [2.45, 2.75) is 12.5 Å². The van der Waals surface area contributed by atoms with Crippen LogP contribution in [0.2, 0.25) is 5.15 Å². The lowest BCUT2D eigenvalue weighted by molar-refractivity contribution is 0.184. The summed E-state index contributed by atoms with van der Waals surface area (Å²) in [7, 11) is 1.89. The fourth-order valence-electron chi connectivity index (χ4n) is 2.09. The summed E-state index contributed by atoms with van der Waals surface area (Å²) in [5, 5.41) is 9.32. The van der Waals surface area contributed by atoms with E-state index in [-0.39, 0.29) is 6.04 Å². The number of rotatable bonds is 2. The molecule has 1 fully saturated rings. The predicted octanol–water partition coefficient (Wildman–Crippen LogP) is 1.90. The summed E-state index contributed by atoms with van der Waals surface area (Å²) in [4.78, 5) is 0. The minimum atomic E-state index is 0.254. The van der Waals surface area contributed by atoms with Crippen LogP contribution < -0.4 is 0 Å². The summed E-state index contributed by atoms with van der Waals surface area (Å²) in [5.41, 5.74) is 1.81. The van der Waals surface area contributed by atoms with Gasteiger partial charge in [0, 0.05) is 25.9 Å². The highest BCUT2D eigenvalue weighted by molar-refractivity contribution is 6.29. The number of hydrogen-bond donors (Lipinski definition) is 0. The van der Waals surface area contributed by atoms with E-state index in [9.17, 15) is 0 Å². The van der Waals surface area contributed by atoms with Gasteiger partial charge in [-0.1, -0.05) is 11.6 Å². The topological polar surface area (TPSA) is 44.9 Å². The van der Waals surface area contributed by atoms with E-state index in [2.05, 4.69) is 10.2 Å². The fourth-order valence-corrected chi connectivity index (χ4v) is 2.37. The Labute approximate surface area is 104 Å². The van der Waals surface area contributed by atoms with Crippen molar-refractivity contribution >= 4 is 11.6 Å². The van der Waals surface area contributed by atoms with E-state index < -0.39 is 0 Å². The Balaban J connectivity index is 1.98. The molecule has 0 spiro atoms. The minimum Gasteiger partial charge on any atom is -0.379 e. The van der Waals surface area contributed by atoms with Crippen molar-refractivity contribution in [3.8, 4) is 11.4 Å². The maximum Gasteiger partial charge on any atom is 0.128 e. The van der Waals surface area contributed by atoms with Gasteiger partial charge < -0.3 is 4.74 Å². The Morgan fingerprint density at radius 2 is 2.41 bits per heavy atom. The van der Waals surface area contributed by atoms with E-state index in [0.717, 1.165) is 24.4 Å². The molecule has 90 valence electrons. The average molecular weight is 253 g/mol. The molecule has 1 aliphatic heterocycles. The van der Waals surface area contributed by atoms with Gasteiger partial charge in [-0.15, -0.1) is 0 Å². The quantitative estimate of drug-likeness (QED) is 0.820. The van der Waals surface area contributed by atoms with Gasteiger partial charge in [0.05, 0.1) is 18.3 Å². The third kappa shape index (κ3) is 1.85. The zero-order valence-corrected chi connectivity index (χ0v) is 10.3. The Morgan fingerprint density at radius 1 is 1.53 bits per heavy atom. The van der Waals surface area contributed by atoms with E-state index >= 15 is 0 Å². The van der Waals surface area contributed by atoms with Crippen molar-refractivity contribution in [2.75, 3.05) is 13.2 Å². The lowest BCUT2D eigenvalue weighted by Gasteiger charge is -2.08. The van der Waals surface area contributed by atoms with Crippen LogP contribution in [0.15, 0.2) is 18.3 Å². The number of hydrogen-bond acceptors (Lipinski definition) is 3. The van der Waals surface area contributed by atoms with Gasteiger partial charge in [-0.05, 0) is 12.5 Å². The SMILES string of the molecule is Cn1nccc1-c1cc(Cl)n(C2CCOC2)n1. The number of ether oxygens (including phenoxy) is 1. The van der Waals surface area contributed by atoms with Crippen LogP contribution in [0, 0.1) is 0 Å². The molecule has 1 saturated heterocycles. The Hall–Kier alpha value is -1.33. The van der Waals surface area contributed by atoms with Gasteiger partial charge in [-0.25, -0.2) is 4.68 Å². The fraction of sp³-hybridized carbons (Fsp3) is 0.455. The van der Waals surface area contributed by atoms with Crippen molar-refractivity contribution in [1.82, 2.24) is 19.6 Å². The van der Waals surface area contributed by atoms with Crippen LogP contribution >= 0.6 is 11.6 Å². The smallest absolute Gasteiger partial charge is 0.128 e. The Bertz CT molecular complexity index is 527. The maximum absolute atomic E-state index is 6.21. The Kier molecular flexibility index (Phi) is 2.64. The lowest BCUT2D eigenvalue weighted by Crippen LogP contribution is -2.10. The molecule has 0 aromatic carbocycles. The largest absolute Gasteiger partial charge is 0.379 e. The zero-order valence-electron chi connectivity index (χ0n) is 9.51. The van der Waals surface area contributed by atoms with Crippen molar-refractivity contribution < 1.29 is 4.74 Å². The van der Waals surface area contributed by atoms with E-state index in [4.69, 9.17) is 16.3 Å². The molecule has 0 amide bonds. The summed E-state index contributed by atoms with van der Waals surface area (Å²) in [6, 6.07) is 4.05. The molecule has 2 aromatic rings. The van der Waals surface area contributed by atoms with Crippen LogP contribution in [0.4, 0.5) is 0 Å². The number of halogens is 1. The molecule has 2 aromatic heterocycles. The predicted molar refractivity (Wildman–Crippen MR) is 63.9 cm³/mol. The van der Waals surface area contributed by atoms with E-state index in [1.54, 1.807) is 10.9 Å². The molecule has 0 radical (unpaired) electrons. The Morgan fingerprint density at radius 3 is 3.06 bits per heavy atom. The van der Waals surface area contributed by atoms with Gasteiger partial charge in [-0.2, -0.15) is 10.2 Å². The van der Waals surface area contributed by atoms with Crippen molar-refractivity contribution in [1.29, 1.82) is 0 Å². The minimum absolute atomic E-state index is 0.254. The number of aromatic nitrogens is 4. The maximum atomic E-state index is 6.21. The van der Waals surface area contributed by atoms with Gasteiger partial charge in [0.2, 0.25) is 0 Å². The molecule has 0 aliphatic carbocycles. The summed E-state index contributed by atoms with van der Waals surface area (Å²) >= 11 is 6.21. The normalized spacial score (nSPS) is 20.0. The molecule has 17 heavy (non-hydrogen) atoms. The standard InChI is InChI=1S/C11H13ClN4O/c1-15-10(2-4-13-15)9-6-11(12)16(14-9)8-3-5-17-7-8/h2,4,6,8H,3,5,7H2,1H3. The van der Waals surface area contributed by atoms with Crippen LogP contribution in [0.5, 0.6) is 0 Å². The van der Waals surface area contributed by atoms with Crippen LogP contribution in [0.1, 0.15) is 12.5 Å². The van der Waals surface area contributed by atoms with E-state index in [0.29, 0.717) is 11.8 Å². The molecule has 5 nitrogen and oxygen atoms in total. The summed E-state index contributed by atoms with van der Waals surface area (Å²) in [5.74, 6) is 0. The molecule has 3 rings (SSSR count). The number of aryl methyl sites for hydroxylation is 1. The first-order chi connectivity index (χ1) is 8.25. The van der Waals surface area contributed by atoms with Gasteiger partial charge in [0.15, 0.2) is 0 Å². The second kappa shape index (κ2) is 4.16. The highest BCUT2D eigenvalue weighted by Crippen LogP contribution is 2.27. The zero-order chi connectivity index (χ0) is 11.8. The molecular formula is C11H13ClN4O. The van der Waals surface area contributed by atoms with E-state index in [1.807, 2.05) is 23.9 Å². The van der Waals surface area contributed by atoms with Gasteiger partial charge in [0.1, 0.15) is 10.8 Å². The van der Waals surface area contributed by atoms with Crippen molar-refractivity contribution in [2.24, 2.45) is 7.05 Å². The van der Waals surface area contributed by atoms with Crippen molar-refractivity contribution in [3.05, 3.63) is 23.5 Å². The monoisotopic (exact) mass is 252 g/mol. The van der Waals surface area contributed by atoms with Crippen molar-refractivity contribution in [3.63, 3.8) is 0 Å². The van der Waals surface area contributed by atoms with Crippen LogP contribution in [-0.4, -0.2) is 32.8 Å². The van der Waals surface area contributed by atoms with Gasteiger partial charge in [0.25, 0.3) is 0 Å². The first-order valence-corrected chi connectivity index (χ1v) is 5.94. The molecule has 0 saturated carbocycles. The third-order valence-corrected chi connectivity index (χ3v) is 3.31. The summed E-state index contributed by atoms with van der Waals surface area (Å²) in [6.45, 7) is 1.47. The molecule has 3 heterocycles. The molecular weight excluding hydrogens is 240 g/mol. The second-order valence-corrected chi connectivity index (χ2v) is 4.54. The second-order valence-electron chi connectivity index (χ2n) is 4.15. The first kappa shape index (κ1) is 10.8. The van der Waals surface area contributed by atoms with Crippen LogP contribution in [-0.2, 0) is 11.8 Å². The number of nitrogens with zero attached hydrogens (tertiary/aromatic N) is 4. The van der Waals surface area contributed by atoms with Gasteiger partial charge in [-0.3, -0.25) is 4.68 Å². The lowest BCUT2D eigenvalue weighted by atomic mass is 10.3. The van der Waals surface area contributed by atoms with Crippen LogP contribution in [0.3, 0.4) is 0 Å². The summed E-state index contributed by atoms with van der Waals surface area (Å²) < 4.78 is 8.98. The van der Waals surface area contributed by atoms with Crippen LogP contribution in [0.25, 0.3) is 11.4 Å². The average Bonchev–Trinajstić information content (AvgIpc) is 2.97. The third-order valence-electron chi connectivity index (χ3n) is 3.03. The molecule has 6 heteroatoms. The molecule has 0 N–H and O–H groups in total. The molecule has 1 atom stereocenters. The molecule has 0 bridgehead atoms. The summed E-state index contributed by atoms with van der Waals surface area (Å²) in [6.07, 6.45) is 2.72. The van der Waals surface area contributed by atoms with E-state index in [1.165, 1.54) is 0 Å². The molecule has 1 unspecified atom stereocenters. The van der Waals surface area contributed by atoms with Gasteiger partial charge >= 0.3 is 0 Å². The highest BCUT2D eigenvalue weighted by Gasteiger charge is 2.22.